The number of allylic oxidation sites excluding steroid dienone is 1. The molecular weight excluding hydrogens is 304 g/mol. The predicted octanol–water partition coefficient (Wildman–Crippen LogP) is 3.38. The van der Waals surface area contributed by atoms with Crippen LogP contribution >= 0.6 is 0 Å². The Bertz CT molecular complexity index is 701. The lowest BCUT2D eigenvalue weighted by Gasteiger charge is -2.33. The van der Waals surface area contributed by atoms with Gasteiger partial charge in [-0.2, -0.15) is 0 Å². The van der Waals surface area contributed by atoms with Crippen molar-refractivity contribution in [1.82, 2.24) is 5.43 Å². The second-order valence-corrected chi connectivity index (χ2v) is 5.55. The molecule has 0 amide bonds. The number of hydrogen-bond donors (Lipinski definition) is 3. The molecule has 126 valence electrons. The number of nitrogens with zero attached hydrogens (tertiary/aromatic N) is 1. The summed E-state index contributed by atoms with van der Waals surface area (Å²) in [6.45, 7) is 5.82. The molecule has 24 heavy (non-hydrogen) atoms. The molecule has 5 heteroatoms. The minimum absolute atomic E-state index is 0.0190. The fourth-order valence-corrected chi connectivity index (χ4v) is 2.35. The molecule has 0 fully saturated rings. The number of benzene rings is 2. The third-order valence-corrected chi connectivity index (χ3v) is 3.64. The van der Waals surface area contributed by atoms with E-state index >= 15 is 0 Å². The van der Waals surface area contributed by atoms with Crippen molar-refractivity contribution >= 4 is 11.7 Å². The Morgan fingerprint density at radius 3 is 2.38 bits per heavy atom. The molecule has 0 spiro atoms. The van der Waals surface area contributed by atoms with Gasteiger partial charge in [0, 0.05) is 11.3 Å². The largest absolute Gasteiger partial charge is 0.481 e. The number of carbonyl (C=O) groups is 1. The van der Waals surface area contributed by atoms with Crippen LogP contribution in [0, 0.1) is 6.92 Å². The van der Waals surface area contributed by atoms with Crippen molar-refractivity contribution in [3.8, 4) is 0 Å². The Hall–Kier alpha value is -2.79. The van der Waals surface area contributed by atoms with E-state index in [-0.39, 0.29) is 12.8 Å². The van der Waals surface area contributed by atoms with Crippen molar-refractivity contribution < 1.29 is 15.0 Å². The van der Waals surface area contributed by atoms with Crippen molar-refractivity contribution in [3.63, 3.8) is 0 Å². The Morgan fingerprint density at radius 2 is 1.75 bits per heavy atom. The summed E-state index contributed by atoms with van der Waals surface area (Å²) >= 11 is 0. The van der Waals surface area contributed by atoms with Gasteiger partial charge in [0.2, 0.25) is 0 Å². The lowest BCUT2D eigenvalue weighted by Crippen LogP contribution is -2.41. The summed E-state index contributed by atoms with van der Waals surface area (Å²) in [5.41, 5.74) is 6.07. The standard InChI is InChI=1S/C19H22N2O3/c1-14-8-6-7-11-17(14)21(20-15(2)12-13-18(22)23)19(24)16-9-4-3-5-10-16/h3-11,19-20,24H,2,12-13H2,1H3,(H,22,23). The van der Waals surface area contributed by atoms with E-state index in [1.165, 1.54) is 0 Å². The predicted molar refractivity (Wildman–Crippen MR) is 94.2 cm³/mol. The van der Waals surface area contributed by atoms with Crippen LogP contribution in [0.25, 0.3) is 0 Å². The van der Waals surface area contributed by atoms with E-state index in [0.29, 0.717) is 5.70 Å². The number of nitrogens with one attached hydrogen (secondary N) is 1. The molecule has 0 saturated heterocycles. The molecule has 2 aromatic rings. The summed E-state index contributed by atoms with van der Waals surface area (Å²) in [7, 11) is 0. The highest BCUT2D eigenvalue weighted by molar-refractivity contribution is 5.67. The zero-order chi connectivity index (χ0) is 17.5. The molecule has 0 aromatic heterocycles. The highest BCUT2D eigenvalue weighted by Crippen LogP contribution is 2.27. The first-order valence-corrected chi connectivity index (χ1v) is 7.73. The molecule has 3 N–H and O–H groups in total. The normalized spacial score (nSPS) is 11.6. The lowest BCUT2D eigenvalue weighted by atomic mass is 10.1. The van der Waals surface area contributed by atoms with Crippen LogP contribution in [-0.2, 0) is 4.79 Å². The van der Waals surface area contributed by atoms with E-state index in [9.17, 15) is 9.90 Å². The number of hydrogen-bond acceptors (Lipinski definition) is 4. The Morgan fingerprint density at radius 1 is 1.12 bits per heavy atom. The highest BCUT2D eigenvalue weighted by Gasteiger charge is 2.20. The minimum atomic E-state index is -0.936. The summed E-state index contributed by atoms with van der Waals surface area (Å²) in [4.78, 5) is 10.7. The molecule has 0 radical (unpaired) electrons. The Kier molecular flexibility index (Phi) is 5.98. The maximum Gasteiger partial charge on any atom is 0.303 e. The number of aliphatic hydroxyl groups excluding tert-OH is 1. The maximum atomic E-state index is 10.8. The molecule has 5 nitrogen and oxygen atoms in total. The number of aliphatic hydroxyl groups is 1. The molecule has 0 aliphatic heterocycles. The maximum absolute atomic E-state index is 10.8. The van der Waals surface area contributed by atoms with Crippen molar-refractivity contribution in [2.24, 2.45) is 0 Å². The molecule has 0 saturated carbocycles. The van der Waals surface area contributed by atoms with E-state index in [1.54, 1.807) is 5.01 Å². The van der Waals surface area contributed by atoms with Gasteiger partial charge in [0.05, 0.1) is 12.1 Å². The van der Waals surface area contributed by atoms with Crippen molar-refractivity contribution in [1.29, 1.82) is 0 Å². The summed E-state index contributed by atoms with van der Waals surface area (Å²) < 4.78 is 0. The molecule has 2 rings (SSSR count). The summed E-state index contributed by atoms with van der Waals surface area (Å²) in [5, 5.41) is 21.2. The first kappa shape index (κ1) is 17.6. The Labute approximate surface area is 141 Å². The van der Waals surface area contributed by atoms with Crippen molar-refractivity contribution in [2.75, 3.05) is 5.01 Å². The van der Waals surface area contributed by atoms with E-state index in [2.05, 4.69) is 12.0 Å². The van der Waals surface area contributed by atoms with Crippen LogP contribution in [0.1, 0.15) is 30.2 Å². The van der Waals surface area contributed by atoms with Crippen LogP contribution in [0.3, 0.4) is 0 Å². The topological polar surface area (TPSA) is 72.8 Å². The van der Waals surface area contributed by atoms with Gasteiger partial charge in [-0.3, -0.25) is 9.80 Å². The molecule has 0 heterocycles. The second-order valence-electron chi connectivity index (χ2n) is 5.55. The van der Waals surface area contributed by atoms with Crippen LogP contribution in [0.4, 0.5) is 5.69 Å². The molecule has 0 aliphatic carbocycles. The van der Waals surface area contributed by atoms with Gasteiger partial charge in [-0.1, -0.05) is 55.1 Å². The molecule has 1 unspecified atom stereocenters. The lowest BCUT2D eigenvalue weighted by molar-refractivity contribution is -0.136. The van der Waals surface area contributed by atoms with Crippen molar-refractivity contribution in [2.45, 2.75) is 26.0 Å². The number of aryl methyl sites for hydroxylation is 1. The third-order valence-electron chi connectivity index (χ3n) is 3.64. The van der Waals surface area contributed by atoms with Gasteiger partial charge in [0.1, 0.15) is 0 Å². The minimum Gasteiger partial charge on any atom is -0.481 e. The number of para-hydroxylation sites is 1. The zero-order valence-corrected chi connectivity index (χ0v) is 13.6. The molecule has 1 atom stereocenters. The molecule has 2 aromatic carbocycles. The molecular formula is C19H22N2O3. The van der Waals surface area contributed by atoms with Gasteiger partial charge >= 0.3 is 5.97 Å². The quantitative estimate of drug-likeness (QED) is 0.512. The number of carboxylic acids is 1. The average molecular weight is 326 g/mol. The van der Waals surface area contributed by atoms with Crippen LogP contribution in [0.15, 0.2) is 66.9 Å². The zero-order valence-electron chi connectivity index (χ0n) is 13.6. The van der Waals surface area contributed by atoms with Crippen LogP contribution in [-0.4, -0.2) is 16.2 Å². The van der Waals surface area contributed by atoms with Crippen LogP contribution in [0.5, 0.6) is 0 Å². The number of aliphatic carboxylic acids is 1. The fraction of sp³-hybridized carbons (Fsp3) is 0.211. The van der Waals surface area contributed by atoms with Crippen molar-refractivity contribution in [3.05, 3.63) is 78.0 Å². The molecule has 0 bridgehead atoms. The van der Waals surface area contributed by atoms with Crippen LogP contribution in [0.2, 0.25) is 0 Å². The SMILES string of the molecule is C=C(CCC(=O)O)NN(c1ccccc1C)C(O)c1ccccc1. The Balaban J connectivity index is 2.26. The van der Waals surface area contributed by atoms with E-state index in [4.69, 9.17) is 5.11 Å². The number of anilines is 1. The third kappa shape index (κ3) is 4.60. The number of hydrazine groups is 1. The fourth-order valence-electron chi connectivity index (χ4n) is 2.35. The second kappa shape index (κ2) is 8.17. The van der Waals surface area contributed by atoms with Gasteiger partial charge in [-0.15, -0.1) is 0 Å². The number of rotatable bonds is 8. The van der Waals surface area contributed by atoms with E-state index < -0.39 is 12.2 Å². The van der Waals surface area contributed by atoms with Gasteiger partial charge in [-0.05, 0) is 25.0 Å². The van der Waals surface area contributed by atoms with E-state index in [0.717, 1.165) is 16.8 Å². The van der Waals surface area contributed by atoms with Gasteiger partial charge in [0.15, 0.2) is 6.23 Å². The first-order valence-electron chi connectivity index (χ1n) is 7.73. The average Bonchev–Trinajstić information content (AvgIpc) is 2.59. The van der Waals surface area contributed by atoms with Crippen LogP contribution < -0.4 is 10.4 Å². The highest BCUT2D eigenvalue weighted by atomic mass is 16.4. The van der Waals surface area contributed by atoms with E-state index in [1.807, 2.05) is 61.5 Å². The number of carboxylic acid groups (broad SMARTS) is 1. The summed E-state index contributed by atoms with van der Waals surface area (Å²) in [5.74, 6) is -0.885. The monoisotopic (exact) mass is 326 g/mol. The van der Waals surface area contributed by atoms with Gasteiger partial charge in [0.25, 0.3) is 0 Å². The smallest absolute Gasteiger partial charge is 0.303 e. The van der Waals surface area contributed by atoms with Gasteiger partial charge in [-0.25, -0.2) is 0 Å². The molecule has 0 aliphatic rings. The van der Waals surface area contributed by atoms with Gasteiger partial charge < -0.3 is 15.6 Å². The summed E-state index contributed by atoms with van der Waals surface area (Å²) in [6.07, 6.45) is -0.678. The summed E-state index contributed by atoms with van der Waals surface area (Å²) in [6, 6.07) is 16.9. The first-order chi connectivity index (χ1) is 11.5.